The molecule has 9 nitrogen and oxygen atoms in total. The molecule has 0 spiro atoms. The van der Waals surface area contributed by atoms with E-state index >= 15 is 0 Å². The number of amides is 1. The van der Waals surface area contributed by atoms with E-state index in [9.17, 15) is 4.79 Å². The fourth-order valence-electron chi connectivity index (χ4n) is 2.20. The Morgan fingerprint density at radius 1 is 1.11 bits per heavy atom. The van der Waals surface area contributed by atoms with Crippen LogP contribution in [0.15, 0.2) is 36.7 Å². The van der Waals surface area contributed by atoms with Crippen LogP contribution in [0.3, 0.4) is 0 Å². The molecule has 0 unspecified atom stereocenters. The lowest BCUT2D eigenvalue weighted by Gasteiger charge is -2.08. The number of nitrogens with one attached hydrogen (secondary N) is 2. The zero-order valence-corrected chi connectivity index (χ0v) is 15.3. The number of benzene rings is 1. The first-order valence-electron chi connectivity index (χ1n) is 7.77. The summed E-state index contributed by atoms with van der Waals surface area (Å²) < 4.78 is 16.1. The fraction of sp³-hybridized carbons (Fsp3) is 0.176. The van der Waals surface area contributed by atoms with Gasteiger partial charge in [0.25, 0.3) is 5.91 Å². The summed E-state index contributed by atoms with van der Waals surface area (Å²) in [5.41, 5.74) is 0.853. The Bertz CT molecular complexity index is 924. The number of carbonyl (C=O) groups is 1. The number of rotatable bonds is 7. The molecule has 2 heterocycles. The first-order chi connectivity index (χ1) is 13.1. The van der Waals surface area contributed by atoms with Crippen LogP contribution in [0.2, 0.25) is 5.15 Å². The van der Waals surface area contributed by atoms with Gasteiger partial charge in [-0.05, 0) is 17.7 Å². The standard InChI is InChI=1S/C17H16ClN5O4/c1-25-11-5-10(6-12(7-11)26-2)9-27-14-8-13(22-23-14)21-17(24)15-16(18)20-4-3-19-15/h3-8H,9H2,1-2H3,(H2,21,22,23,24). The van der Waals surface area contributed by atoms with E-state index in [1.165, 1.54) is 12.4 Å². The zero-order valence-electron chi connectivity index (χ0n) is 14.5. The zero-order chi connectivity index (χ0) is 19.2. The maximum Gasteiger partial charge on any atom is 0.278 e. The van der Waals surface area contributed by atoms with Gasteiger partial charge in [-0.1, -0.05) is 11.6 Å². The largest absolute Gasteiger partial charge is 0.497 e. The lowest BCUT2D eigenvalue weighted by molar-refractivity contribution is 0.102. The minimum Gasteiger partial charge on any atom is -0.497 e. The highest BCUT2D eigenvalue weighted by Gasteiger charge is 2.14. The molecule has 140 valence electrons. The summed E-state index contributed by atoms with van der Waals surface area (Å²) in [7, 11) is 3.15. The molecule has 0 saturated carbocycles. The van der Waals surface area contributed by atoms with Crippen LogP contribution in [0.25, 0.3) is 0 Å². The molecule has 0 aliphatic rings. The highest BCUT2D eigenvalue weighted by molar-refractivity contribution is 6.32. The monoisotopic (exact) mass is 389 g/mol. The molecule has 10 heteroatoms. The van der Waals surface area contributed by atoms with Crippen LogP contribution in [0.1, 0.15) is 16.1 Å². The summed E-state index contributed by atoms with van der Waals surface area (Å²) in [5.74, 6) is 1.44. The Labute approximate surface area is 159 Å². The molecule has 0 atom stereocenters. The summed E-state index contributed by atoms with van der Waals surface area (Å²) in [4.78, 5) is 19.9. The maximum absolute atomic E-state index is 12.2. The van der Waals surface area contributed by atoms with Gasteiger partial charge < -0.3 is 19.5 Å². The number of hydrogen-bond acceptors (Lipinski definition) is 7. The van der Waals surface area contributed by atoms with Crippen molar-refractivity contribution in [1.29, 1.82) is 0 Å². The summed E-state index contributed by atoms with van der Waals surface area (Å²) >= 11 is 5.85. The highest BCUT2D eigenvalue weighted by Crippen LogP contribution is 2.24. The third-order valence-electron chi connectivity index (χ3n) is 3.47. The fourth-order valence-corrected chi connectivity index (χ4v) is 2.39. The van der Waals surface area contributed by atoms with E-state index in [-0.39, 0.29) is 17.5 Å². The van der Waals surface area contributed by atoms with Crippen LogP contribution in [0, 0.1) is 0 Å². The van der Waals surface area contributed by atoms with Gasteiger partial charge >= 0.3 is 0 Å². The average Bonchev–Trinajstić information content (AvgIpc) is 3.13. The summed E-state index contributed by atoms with van der Waals surface area (Å²) in [6, 6.07) is 6.96. The van der Waals surface area contributed by atoms with Crippen molar-refractivity contribution < 1.29 is 19.0 Å². The minimum absolute atomic E-state index is 0.0120. The van der Waals surface area contributed by atoms with Crippen LogP contribution in [0.5, 0.6) is 17.4 Å². The first kappa shape index (κ1) is 18.5. The third kappa shape index (κ3) is 4.64. The average molecular weight is 390 g/mol. The molecule has 3 rings (SSSR count). The molecule has 3 aromatic rings. The second-order valence-corrected chi connectivity index (χ2v) is 5.64. The predicted octanol–water partition coefficient (Wildman–Crippen LogP) is 2.70. The van der Waals surface area contributed by atoms with Crippen molar-refractivity contribution in [2.75, 3.05) is 19.5 Å². The summed E-state index contributed by atoms with van der Waals surface area (Å²) in [6.07, 6.45) is 2.78. The minimum atomic E-state index is -0.513. The van der Waals surface area contributed by atoms with Gasteiger partial charge in [0.2, 0.25) is 5.88 Å². The van der Waals surface area contributed by atoms with E-state index in [0.717, 1.165) is 5.56 Å². The van der Waals surface area contributed by atoms with Crippen LogP contribution >= 0.6 is 11.6 Å². The molecule has 0 aliphatic heterocycles. The molecule has 0 radical (unpaired) electrons. The topological polar surface area (TPSA) is 111 Å². The quantitative estimate of drug-likeness (QED) is 0.639. The van der Waals surface area contributed by atoms with Gasteiger partial charge in [-0.3, -0.25) is 9.89 Å². The Balaban J connectivity index is 1.63. The molecule has 0 aliphatic carbocycles. The molecule has 0 fully saturated rings. The Morgan fingerprint density at radius 3 is 2.48 bits per heavy atom. The summed E-state index contributed by atoms with van der Waals surface area (Å²) in [5, 5.41) is 9.25. The number of aromatic nitrogens is 4. The van der Waals surface area contributed by atoms with Crippen LogP contribution in [-0.2, 0) is 6.61 Å². The van der Waals surface area contributed by atoms with E-state index in [0.29, 0.717) is 23.2 Å². The molecule has 2 N–H and O–H groups in total. The van der Waals surface area contributed by atoms with Gasteiger partial charge in [0.15, 0.2) is 10.8 Å². The number of methoxy groups -OCH3 is 2. The van der Waals surface area contributed by atoms with E-state index in [2.05, 4.69) is 25.5 Å². The first-order valence-corrected chi connectivity index (χ1v) is 8.15. The predicted molar refractivity (Wildman–Crippen MR) is 97.5 cm³/mol. The maximum atomic E-state index is 12.2. The number of carbonyl (C=O) groups excluding carboxylic acids is 1. The Kier molecular flexibility index (Phi) is 5.72. The lowest BCUT2D eigenvalue weighted by Crippen LogP contribution is -2.14. The molecule has 0 saturated heterocycles. The Hall–Kier alpha value is -3.33. The molecular formula is C17H16ClN5O4. The number of H-pyrrole nitrogens is 1. The lowest BCUT2D eigenvalue weighted by atomic mass is 10.2. The van der Waals surface area contributed by atoms with Crippen molar-refractivity contribution in [1.82, 2.24) is 20.2 Å². The van der Waals surface area contributed by atoms with Gasteiger partial charge in [-0.2, -0.15) is 0 Å². The molecule has 1 amide bonds. The van der Waals surface area contributed by atoms with Crippen molar-refractivity contribution in [3.05, 3.63) is 53.1 Å². The van der Waals surface area contributed by atoms with Gasteiger partial charge in [-0.15, -0.1) is 5.10 Å². The number of aromatic amines is 1. The van der Waals surface area contributed by atoms with Gasteiger partial charge in [0, 0.05) is 24.5 Å². The molecule has 0 bridgehead atoms. The molecule has 2 aromatic heterocycles. The second-order valence-electron chi connectivity index (χ2n) is 5.28. The van der Waals surface area contributed by atoms with Crippen molar-refractivity contribution in [2.45, 2.75) is 6.61 Å². The molecule has 1 aromatic carbocycles. The van der Waals surface area contributed by atoms with Gasteiger partial charge in [-0.25, -0.2) is 9.97 Å². The highest BCUT2D eigenvalue weighted by atomic mass is 35.5. The van der Waals surface area contributed by atoms with Gasteiger partial charge in [0.05, 0.1) is 14.2 Å². The van der Waals surface area contributed by atoms with Crippen LogP contribution < -0.4 is 19.5 Å². The smallest absolute Gasteiger partial charge is 0.278 e. The van der Waals surface area contributed by atoms with Gasteiger partial charge in [0.1, 0.15) is 23.9 Å². The number of halogens is 1. The molecular weight excluding hydrogens is 374 g/mol. The van der Waals surface area contributed by atoms with E-state index in [1.54, 1.807) is 26.4 Å². The Morgan fingerprint density at radius 2 is 1.81 bits per heavy atom. The van der Waals surface area contributed by atoms with E-state index in [4.69, 9.17) is 25.8 Å². The molecule has 27 heavy (non-hydrogen) atoms. The normalized spacial score (nSPS) is 10.3. The SMILES string of the molecule is COc1cc(COc2cc(NC(=O)c3nccnc3Cl)[nH]n2)cc(OC)c1. The third-order valence-corrected chi connectivity index (χ3v) is 3.75. The van der Waals surface area contributed by atoms with Crippen molar-refractivity contribution in [3.63, 3.8) is 0 Å². The number of anilines is 1. The number of ether oxygens (including phenoxy) is 3. The van der Waals surface area contributed by atoms with Crippen molar-refractivity contribution >= 4 is 23.3 Å². The van der Waals surface area contributed by atoms with Crippen molar-refractivity contribution in [2.24, 2.45) is 0 Å². The van der Waals surface area contributed by atoms with E-state index in [1.807, 2.05) is 12.1 Å². The van der Waals surface area contributed by atoms with Crippen LogP contribution in [-0.4, -0.2) is 40.3 Å². The second kappa shape index (κ2) is 8.37. The van der Waals surface area contributed by atoms with Crippen LogP contribution in [0.4, 0.5) is 5.82 Å². The summed E-state index contributed by atoms with van der Waals surface area (Å²) in [6.45, 7) is 0.238. The van der Waals surface area contributed by atoms with E-state index < -0.39 is 5.91 Å². The number of nitrogens with zero attached hydrogens (tertiary/aromatic N) is 3. The van der Waals surface area contributed by atoms with Crippen molar-refractivity contribution in [3.8, 4) is 17.4 Å². The number of hydrogen-bond donors (Lipinski definition) is 2.